The standard InChI is InChI=1S/C12H16N4O2/c1-3-8-5-4-6-14-10(8)11-15-12(18-16-11)9(13)7(2)17/h4-7,9,17H,3,13H2,1-2H3. The first kappa shape index (κ1) is 12.7. The third-order valence-electron chi connectivity index (χ3n) is 2.73. The van der Waals surface area contributed by atoms with Gasteiger partial charge in [0, 0.05) is 6.20 Å². The molecule has 2 aromatic heterocycles. The molecule has 0 aliphatic heterocycles. The number of hydrogen-bond donors (Lipinski definition) is 2. The van der Waals surface area contributed by atoms with E-state index in [-0.39, 0.29) is 5.89 Å². The second kappa shape index (κ2) is 5.24. The number of aliphatic hydroxyl groups is 1. The summed E-state index contributed by atoms with van der Waals surface area (Å²) in [4.78, 5) is 8.43. The van der Waals surface area contributed by atoms with E-state index in [0.717, 1.165) is 12.0 Å². The van der Waals surface area contributed by atoms with Gasteiger partial charge in [-0.05, 0) is 25.0 Å². The van der Waals surface area contributed by atoms with Gasteiger partial charge in [0.1, 0.15) is 11.7 Å². The normalized spacial score (nSPS) is 14.4. The minimum absolute atomic E-state index is 0.215. The molecule has 6 nitrogen and oxygen atoms in total. The molecular formula is C12H16N4O2. The van der Waals surface area contributed by atoms with Gasteiger partial charge in [0.25, 0.3) is 0 Å². The van der Waals surface area contributed by atoms with Gasteiger partial charge >= 0.3 is 0 Å². The molecule has 2 heterocycles. The Morgan fingerprint density at radius 2 is 2.28 bits per heavy atom. The Kier molecular flexibility index (Phi) is 3.69. The quantitative estimate of drug-likeness (QED) is 0.840. The van der Waals surface area contributed by atoms with E-state index in [0.29, 0.717) is 11.5 Å². The van der Waals surface area contributed by atoms with Crippen LogP contribution in [0.4, 0.5) is 0 Å². The highest BCUT2D eigenvalue weighted by molar-refractivity contribution is 5.53. The molecule has 0 saturated heterocycles. The monoisotopic (exact) mass is 248 g/mol. The van der Waals surface area contributed by atoms with E-state index in [1.165, 1.54) is 0 Å². The maximum atomic E-state index is 9.39. The lowest BCUT2D eigenvalue weighted by Gasteiger charge is -2.08. The number of rotatable bonds is 4. The fourth-order valence-corrected chi connectivity index (χ4v) is 1.60. The van der Waals surface area contributed by atoms with Crippen molar-refractivity contribution in [2.75, 3.05) is 0 Å². The molecule has 2 aromatic rings. The Balaban J connectivity index is 2.35. The van der Waals surface area contributed by atoms with Crippen LogP contribution in [0.3, 0.4) is 0 Å². The van der Waals surface area contributed by atoms with Crippen LogP contribution in [-0.2, 0) is 6.42 Å². The Bertz CT molecular complexity index is 524. The van der Waals surface area contributed by atoms with Crippen LogP contribution in [0, 0.1) is 0 Å². The van der Waals surface area contributed by atoms with Gasteiger partial charge in [-0.15, -0.1) is 0 Å². The summed E-state index contributed by atoms with van der Waals surface area (Å²) in [6.45, 7) is 3.61. The van der Waals surface area contributed by atoms with E-state index in [9.17, 15) is 5.11 Å². The highest BCUT2D eigenvalue weighted by Crippen LogP contribution is 2.20. The van der Waals surface area contributed by atoms with Crippen LogP contribution in [0.1, 0.15) is 31.3 Å². The Morgan fingerprint density at radius 3 is 2.94 bits per heavy atom. The molecule has 0 fully saturated rings. The highest BCUT2D eigenvalue weighted by atomic mass is 16.5. The Hall–Kier alpha value is -1.79. The number of aliphatic hydroxyl groups excluding tert-OH is 1. The molecule has 0 bridgehead atoms. The number of pyridine rings is 1. The molecule has 0 amide bonds. The van der Waals surface area contributed by atoms with E-state index in [2.05, 4.69) is 15.1 Å². The first-order valence-corrected chi connectivity index (χ1v) is 5.85. The zero-order valence-electron chi connectivity index (χ0n) is 10.4. The first-order chi connectivity index (χ1) is 8.63. The van der Waals surface area contributed by atoms with Crippen LogP contribution < -0.4 is 5.73 Å². The van der Waals surface area contributed by atoms with Crippen LogP contribution in [0.2, 0.25) is 0 Å². The molecule has 6 heteroatoms. The molecule has 96 valence electrons. The van der Waals surface area contributed by atoms with E-state index >= 15 is 0 Å². The predicted octanol–water partition coefficient (Wildman–Crippen LogP) is 1.07. The first-order valence-electron chi connectivity index (χ1n) is 5.85. The van der Waals surface area contributed by atoms with Crippen molar-refractivity contribution in [1.82, 2.24) is 15.1 Å². The van der Waals surface area contributed by atoms with E-state index in [1.54, 1.807) is 13.1 Å². The minimum atomic E-state index is -0.743. The van der Waals surface area contributed by atoms with Crippen molar-refractivity contribution >= 4 is 0 Å². The lowest BCUT2D eigenvalue weighted by Crippen LogP contribution is -2.23. The van der Waals surface area contributed by atoms with Crippen molar-refractivity contribution in [3.63, 3.8) is 0 Å². The molecule has 0 radical (unpaired) electrons. The summed E-state index contributed by atoms with van der Waals surface area (Å²) in [5.41, 5.74) is 7.46. The van der Waals surface area contributed by atoms with Crippen LogP contribution in [0.25, 0.3) is 11.5 Å². The summed E-state index contributed by atoms with van der Waals surface area (Å²) in [7, 11) is 0. The zero-order valence-corrected chi connectivity index (χ0v) is 10.4. The number of nitrogens with zero attached hydrogens (tertiary/aromatic N) is 3. The third-order valence-corrected chi connectivity index (χ3v) is 2.73. The molecule has 2 unspecified atom stereocenters. The number of aryl methyl sites for hydroxylation is 1. The number of aromatic nitrogens is 3. The molecule has 18 heavy (non-hydrogen) atoms. The molecular weight excluding hydrogens is 232 g/mol. The second-order valence-corrected chi connectivity index (χ2v) is 4.09. The lowest BCUT2D eigenvalue weighted by atomic mass is 10.1. The van der Waals surface area contributed by atoms with Crippen LogP contribution >= 0.6 is 0 Å². The molecule has 2 atom stereocenters. The van der Waals surface area contributed by atoms with Crippen molar-refractivity contribution < 1.29 is 9.63 Å². The van der Waals surface area contributed by atoms with E-state index in [1.807, 2.05) is 19.1 Å². The van der Waals surface area contributed by atoms with Gasteiger partial charge in [-0.25, -0.2) is 0 Å². The smallest absolute Gasteiger partial charge is 0.246 e. The molecule has 0 aliphatic rings. The van der Waals surface area contributed by atoms with Gasteiger partial charge in [0.2, 0.25) is 11.7 Å². The van der Waals surface area contributed by atoms with Gasteiger partial charge < -0.3 is 15.4 Å². The zero-order chi connectivity index (χ0) is 13.1. The maximum Gasteiger partial charge on any atom is 0.246 e. The van der Waals surface area contributed by atoms with Gasteiger partial charge in [-0.3, -0.25) is 4.98 Å². The van der Waals surface area contributed by atoms with Crippen LogP contribution in [-0.4, -0.2) is 26.3 Å². The summed E-state index contributed by atoms with van der Waals surface area (Å²) in [5.74, 6) is 0.617. The molecule has 0 aromatic carbocycles. The van der Waals surface area contributed by atoms with Crippen molar-refractivity contribution in [1.29, 1.82) is 0 Å². The second-order valence-electron chi connectivity index (χ2n) is 4.09. The van der Waals surface area contributed by atoms with Gasteiger partial charge in [-0.2, -0.15) is 4.98 Å². The SMILES string of the molecule is CCc1cccnc1-c1noc(C(N)C(C)O)n1. The molecule has 0 saturated carbocycles. The van der Waals surface area contributed by atoms with Gasteiger partial charge in [0.15, 0.2) is 0 Å². The molecule has 3 N–H and O–H groups in total. The van der Waals surface area contributed by atoms with Gasteiger partial charge in [0.05, 0.1) is 6.10 Å². The fourth-order valence-electron chi connectivity index (χ4n) is 1.60. The molecule has 0 aliphatic carbocycles. The summed E-state index contributed by atoms with van der Waals surface area (Å²) in [6.07, 6.45) is 1.77. The average Bonchev–Trinajstić information content (AvgIpc) is 2.87. The fraction of sp³-hybridized carbons (Fsp3) is 0.417. The predicted molar refractivity (Wildman–Crippen MR) is 65.5 cm³/mol. The van der Waals surface area contributed by atoms with Crippen molar-refractivity contribution in [2.24, 2.45) is 5.73 Å². The summed E-state index contributed by atoms with van der Waals surface area (Å²) in [6, 6.07) is 3.15. The van der Waals surface area contributed by atoms with Crippen molar-refractivity contribution in [2.45, 2.75) is 32.4 Å². The molecule has 0 spiro atoms. The van der Waals surface area contributed by atoms with Crippen LogP contribution in [0.5, 0.6) is 0 Å². The van der Waals surface area contributed by atoms with Crippen molar-refractivity contribution in [3.05, 3.63) is 29.8 Å². The Labute approximate surface area is 105 Å². The largest absolute Gasteiger partial charge is 0.391 e. The summed E-state index contributed by atoms with van der Waals surface area (Å²) < 4.78 is 5.06. The van der Waals surface area contributed by atoms with E-state index < -0.39 is 12.1 Å². The van der Waals surface area contributed by atoms with Crippen LogP contribution in [0.15, 0.2) is 22.9 Å². The lowest BCUT2D eigenvalue weighted by molar-refractivity contribution is 0.146. The Morgan fingerprint density at radius 1 is 1.50 bits per heavy atom. The number of nitrogens with two attached hydrogens (primary N) is 1. The maximum absolute atomic E-state index is 9.39. The van der Waals surface area contributed by atoms with Crippen molar-refractivity contribution in [3.8, 4) is 11.5 Å². The number of hydrogen-bond acceptors (Lipinski definition) is 6. The summed E-state index contributed by atoms with van der Waals surface area (Å²) >= 11 is 0. The average molecular weight is 248 g/mol. The topological polar surface area (TPSA) is 98.1 Å². The van der Waals surface area contributed by atoms with E-state index in [4.69, 9.17) is 10.3 Å². The molecule has 2 rings (SSSR count). The minimum Gasteiger partial charge on any atom is -0.391 e. The highest BCUT2D eigenvalue weighted by Gasteiger charge is 2.21. The summed E-state index contributed by atoms with van der Waals surface area (Å²) in [5, 5.41) is 13.2. The third kappa shape index (κ3) is 2.39. The van der Waals surface area contributed by atoms with Gasteiger partial charge in [-0.1, -0.05) is 18.1 Å².